The molecule has 0 spiro atoms. The van der Waals surface area contributed by atoms with Crippen molar-refractivity contribution in [3.63, 3.8) is 0 Å². The summed E-state index contributed by atoms with van der Waals surface area (Å²) < 4.78 is 35.3. The Labute approximate surface area is 136 Å². The number of hydrogen-bond donors (Lipinski definition) is 1. The topological polar surface area (TPSA) is 76.5 Å². The molecule has 0 saturated carbocycles. The lowest BCUT2D eigenvalue weighted by molar-refractivity contribution is 0.414. The molecule has 1 N–H and O–H groups in total. The predicted molar refractivity (Wildman–Crippen MR) is 86.7 cm³/mol. The van der Waals surface area contributed by atoms with Gasteiger partial charge in [0.2, 0.25) is 0 Å². The van der Waals surface area contributed by atoms with Crippen LogP contribution in [0.1, 0.15) is 18.4 Å². The standard InChI is InChI=1S/C15H20N4O3S/c1-22-15-6-4-5-14(9-15)19-12-13(10-16-19)11-17-23(20,21)18-7-2-3-8-18/h4-6,9-10,12,17H,2-3,7-8,11H2,1H3. The minimum atomic E-state index is -3.40. The molecule has 23 heavy (non-hydrogen) atoms. The van der Waals surface area contributed by atoms with E-state index in [1.165, 1.54) is 4.31 Å². The minimum Gasteiger partial charge on any atom is -0.497 e. The van der Waals surface area contributed by atoms with E-state index in [1.807, 2.05) is 24.3 Å². The van der Waals surface area contributed by atoms with Gasteiger partial charge in [-0.25, -0.2) is 4.68 Å². The van der Waals surface area contributed by atoms with Gasteiger partial charge in [-0.3, -0.25) is 0 Å². The maximum Gasteiger partial charge on any atom is 0.279 e. The van der Waals surface area contributed by atoms with E-state index in [0.29, 0.717) is 13.1 Å². The third-order valence-corrected chi connectivity index (χ3v) is 5.37. The van der Waals surface area contributed by atoms with Gasteiger partial charge in [-0.05, 0) is 25.0 Å². The fraction of sp³-hybridized carbons (Fsp3) is 0.400. The number of nitrogens with zero attached hydrogens (tertiary/aromatic N) is 3. The zero-order valence-electron chi connectivity index (χ0n) is 13.0. The van der Waals surface area contributed by atoms with Crippen molar-refractivity contribution in [3.05, 3.63) is 42.2 Å². The molecule has 2 heterocycles. The molecule has 7 nitrogen and oxygen atoms in total. The lowest BCUT2D eigenvalue weighted by Gasteiger charge is -2.15. The van der Waals surface area contributed by atoms with Crippen molar-refractivity contribution >= 4 is 10.2 Å². The van der Waals surface area contributed by atoms with Crippen LogP contribution in [0.5, 0.6) is 5.75 Å². The average Bonchev–Trinajstić information content (AvgIpc) is 3.25. The predicted octanol–water partition coefficient (Wildman–Crippen LogP) is 1.31. The molecule has 1 saturated heterocycles. The summed E-state index contributed by atoms with van der Waals surface area (Å²) in [4.78, 5) is 0. The molecule has 0 bridgehead atoms. The largest absolute Gasteiger partial charge is 0.497 e. The number of hydrogen-bond acceptors (Lipinski definition) is 4. The molecular weight excluding hydrogens is 316 g/mol. The summed E-state index contributed by atoms with van der Waals surface area (Å²) in [7, 11) is -1.79. The van der Waals surface area contributed by atoms with Crippen LogP contribution in [0.15, 0.2) is 36.7 Å². The van der Waals surface area contributed by atoms with Gasteiger partial charge in [-0.2, -0.15) is 22.5 Å². The Morgan fingerprint density at radius 2 is 2.09 bits per heavy atom. The molecule has 2 aromatic rings. The van der Waals surface area contributed by atoms with Gasteiger partial charge in [0.25, 0.3) is 10.2 Å². The monoisotopic (exact) mass is 336 g/mol. The molecular formula is C15H20N4O3S. The summed E-state index contributed by atoms with van der Waals surface area (Å²) in [5.74, 6) is 0.745. The van der Waals surface area contributed by atoms with Crippen molar-refractivity contribution in [2.45, 2.75) is 19.4 Å². The van der Waals surface area contributed by atoms with Crippen LogP contribution < -0.4 is 9.46 Å². The Morgan fingerprint density at radius 3 is 2.83 bits per heavy atom. The van der Waals surface area contributed by atoms with E-state index in [1.54, 1.807) is 24.2 Å². The molecule has 0 unspecified atom stereocenters. The summed E-state index contributed by atoms with van der Waals surface area (Å²) in [5, 5.41) is 4.27. The first kappa shape index (κ1) is 16.0. The molecule has 0 amide bonds. The minimum absolute atomic E-state index is 0.225. The molecule has 8 heteroatoms. The molecule has 1 aliphatic heterocycles. The fourth-order valence-corrected chi connectivity index (χ4v) is 3.81. The van der Waals surface area contributed by atoms with E-state index < -0.39 is 10.2 Å². The van der Waals surface area contributed by atoms with E-state index in [0.717, 1.165) is 29.8 Å². The van der Waals surface area contributed by atoms with Crippen LogP contribution in [0.3, 0.4) is 0 Å². The van der Waals surface area contributed by atoms with Crippen LogP contribution in [-0.2, 0) is 16.8 Å². The third kappa shape index (κ3) is 3.72. The molecule has 124 valence electrons. The highest BCUT2D eigenvalue weighted by Gasteiger charge is 2.24. The first-order valence-corrected chi connectivity index (χ1v) is 8.95. The second-order valence-electron chi connectivity index (χ2n) is 5.43. The van der Waals surface area contributed by atoms with E-state index in [9.17, 15) is 8.42 Å². The van der Waals surface area contributed by atoms with Gasteiger partial charge in [0.15, 0.2) is 0 Å². The molecule has 1 aromatic carbocycles. The fourth-order valence-electron chi connectivity index (χ4n) is 2.54. The molecule has 0 atom stereocenters. The summed E-state index contributed by atoms with van der Waals surface area (Å²) in [6.45, 7) is 1.42. The van der Waals surface area contributed by atoms with Crippen LogP contribution in [-0.4, -0.2) is 42.7 Å². The lowest BCUT2D eigenvalue weighted by Crippen LogP contribution is -2.38. The molecule has 1 aromatic heterocycles. The van der Waals surface area contributed by atoms with E-state index in [2.05, 4.69) is 9.82 Å². The first-order valence-electron chi connectivity index (χ1n) is 7.51. The summed E-state index contributed by atoms with van der Waals surface area (Å²) in [6.07, 6.45) is 5.32. The number of aromatic nitrogens is 2. The summed E-state index contributed by atoms with van der Waals surface area (Å²) in [5.41, 5.74) is 1.66. The molecule has 0 aliphatic carbocycles. The second-order valence-corrected chi connectivity index (χ2v) is 7.18. The van der Waals surface area contributed by atoms with Crippen molar-refractivity contribution in [1.29, 1.82) is 0 Å². The van der Waals surface area contributed by atoms with Gasteiger partial charge >= 0.3 is 0 Å². The zero-order valence-corrected chi connectivity index (χ0v) is 13.8. The Hall–Kier alpha value is -1.90. The van der Waals surface area contributed by atoms with Crippen molar-refractivity contribution in [1.82, 2.24) is 18.8 Å². The zero-order chi connectivity index (χ0) is 16.3. The molecule has 1 aliphatic rings. The van der Waals surface area contributed by atoms with E-state index >= 15 is 0 Å². The maximum atomic E-state index is 12.1. The highest BCUT2D eigenvalue weighted by Crippen LogP contribution is 2.16. The third-order valence-electron chi connectivity index (χ3n) is 3.82. The smallest absolute Gasteiger partial charge is 0.279 e. The number of methoxy groups -OCH3 is 1. The van der Waals surface area contributed by atoms with Gasteiger partial charge in [0.05, 0.1) is 19.0 Å². The van der Waals surface area contributed by atoms with Gasteiger partial charge < -0.3 is 4.74 Å². The quantitative estimate of drug-likeness (QED) is 0.863. The maximum absolute atomic E-state index is 12.1. The Balaban J connectivity index is 1.67. The average molecular weight is 336 g/mol. The summed E-state index contributed by atoms with van der Waals surface area (Å²) >= 11 is 0. The number of ether oxygens (including phenoxy) is 1. The van der Waals surface area contributed by atoms with E-state index in [-0.39, 0.29) is 6.54 Å². The Morgan fingerprint density at radius 1 is 1.30 bits per heavy atom. The van der Waals surface area contributed by atoms with Crippen LogP contribution in [0.4, 0.5) is 0 Å². The van der Waals surface area contributed by atoms with E-state index in [4.69, 9.17) is 4.74 Å². The van der Waals surface area contributed by atoms with Gasteiger partial charge in [-0.15, -0.1) is 0 Å². The van der Waals surface area contributed by atoms with Gasteiger partial charge in [0, 0.05) is 37.5 Å². The molecule has 3 rings (SSSR count). The van der Waals surface area contributed by atoms with Crippen molar-refractivity contribution in [2.24, 2.45) is 0 Å². The first-order chi connectivity index (χ1) is 11.1. The summed E-state index contributed by atoms with van der Waals surface area (Å²) in [6, 6.07) is 7.52. The van der Waals surface area contributed by atoms with Crippen molar-refractivity contribution in [2.75, 3.05) is 20.2 Å². The Kier molecular flexibility index (Phi) is 4.65. The Bertz CT molecular complexity index is 767. The number of nitrogens with one attached hydrogen (secondary N) is 1. The lowest BCUT2D eigenvalue weighted by atomic mass is 10.3. The highest BCUT2D eigenvalue weighted by atomic mass is 32.2. The van der Waals surface area contributed by atoms with Crippen LogP contribution in [0, 0.1) is 0 Å². The van der Waals surface area contributed by atoms with Crippen molar-refractivity contribution in [3.8, 4) is 11.4 Å². The normalized spacial score (nSPS) is 15.9. The van der Waals surface area contributed by atoms with Crippen LogP contribution in [0.25, 0.3) is 5.69 Å². The highest BCUT2D eigenvalue weighted by molar-refractivity contribution is 7.87. The van der Waals surface area contributed by atoms with Gasteiger partial charge in [-0.1, -0.05) is 6.07 Å². The van der Waals surface area contributed by atoms with Crippen LogP contribution in [0.2, 0.25) is 0 Å². The number of benzene rings is 1. The number of rotatable bonds is 6. The molecule has 0 radical (unpaired) electrons. The van der Waals surface area contributed by atoms with Crippen molar-refractivity contribution < 1.29 is 13.2 Å². The SMILES string of the molecule is COc1cccc(-n2cc(CNS(=O)(=O)N3CCCC3)cn2)c1. The molecule has 1 fully saturated rings. The second kappa shape index (κ2) is 6.69. The van der Waals surface area contributed by atoms with Gasteiger partial charge in [0.1, 0.15) is 5.75 Å². The van der Waals surface area contributed by atoms with Crippen LogP contribution >= 0.6 is 0 Å².